The van der Waals surface area contributed by atoms with E-state index < -0.39 is 43.3 Å². The summed E-state index contributed by atoms with van der Waals surface area (Å²) in [6.45, 7) is 2.72. The summed E-state index contributed by atoms with van der Waals surface area (Å²) in [4.78, 5) is 11.4. The summed E-state index contributed by atoms with van der Waals surface area (Å²) in [6.07, 6.45) is -7.53. The molecule has 0 saturated carbocycles. The van der Waals surface area contributed by atoms with Gasteiger partial charge in [0.1, 0.15) is 31.0 Å². The van der Waals surface area contributed by atoms with E-state index in [4.69, 9.17) is 14.6 Å². The number of rotatable bonds is 5. The van der Waals surface area contributed by atoms with E-state index in [-0.39, 0.29) is 18.6 Å². The van der Waals surface area contributed by atoms with E-state index in [2.05, 4.69) is 6.58 Å². The fourth-order valence-corrected chi connectivity index (χ4v) is 1.57. The Labute approximate surface area is 109 Å². The Morgan fingerprint density at radius 1 is 1.16 bits per heavy atom. The molecule has 0 aromatic carbocycles. The molecule has 1 heterocycles. The van der Waals surface area contributed by atoms with Crippen LogP contribution in [-0.2, 0) is 14.3 Å². The van der Waals surface area contributed by atoms with Gasteiger partial charge >= 0.3 is 5.97 Å². The molecular formula is C11H18O8. The van der Waals surface area contributed by atoms with E-state index >= 15 is 0 Å². The monoisotopic (exact) mass is 278 g/mol. The maximum Gasteiger partial charge on any atom is 0.333 e. The number of carbonyl (C=O) groups excluding carboxylic acids is 1. The fourth-order valence-electron chi connectivity index (χ4n) is 1.57. The third-order valence-corrected chi connectivity index (χ3v) is 2.77. The highest BCUT2D eigenvalue weighted by atomic mass is 16.6. The lowest BCUT2D eigenvalue weighted by Gasteiger charge is -2.37. The average molecular weight is 278 g/mol. The lowest BCUT2D eigenvalue weighted by Crippen LogP contribution is -2.58. The van der Waals surface area contributed by atoms with Crippen LogP contribution < -0.4 is 0 Å². The third-order valence-electron chi connectivity index (χ3n) is 2.77. The zero-order chi connectivity index (χ0) is 14.6. The van der Waals surface area contributed by atoms with Gasteiger partial charge in [-0.25, -0.2) is 4.79 Å². The van der Waals surface area contributed by atoms with Crippen LogP contribution in [0.4, 0.5) is 0 Å². The molecule has 5 N–H and O–H groups in total. The molecule has 0 spiro atoms. The van der Waals surface area contributed by atoms with E-state index in [9.17, 15) is 25.2 Å². The molecule has 1 saturated heterocycles. The van der Waals surface area contributed by atoms with Crippen molar-refractivity contribution in [3.8, 4) is 0 Å². The summed E-state index contributed by atoms with van der Waals surface area (Å²) in [7, 11) is 0. The highest BCUT2D eigenvalue weighted by molar-refractivity contribution is 5.87. The summed E-state index contributed by atoms with van der Waals surface area (Å²) < 4.78 is 9.57. The van der Waals surface area contributed by atoms with Crippen molar-refractivity contribution in [2.45, 2.75) is 37.1 Å². The number of hydrogen-bond acceptors (Lipinski definition) is 8. The summed E-state index contributed by atoms with van der Waals surface area (Å²) in [5, 5.41) is 46.1. The second-order valence-corrected chi connectivity index (χ2v) is 4.21. The quantitative estimate of drug-likeness (QED) is 0.270. The Balaban J connectivity index is 2.48. The number of hydrogen-bond donors (Lipinski definition) is 5. The number of carbonyl (C=O) groups is 1. The van der Waals surface area contributed by atoms with Crippen LogP contribution in [0.5, 0.6) is 0 Å². The van der Waals surface area contributed by atoms with Crippen molar-refractivity contribution in [2.24, 2.45) is 0 Å². The van der Waals surface area contributed by atoms with Crippen LogP contribution in [0.2, 0.25) is 0 Å². The Morgan fingerprint density at radius 2 is 1.79 bits per heavy atom. The molecule has 1 rings (SSSR count). The van der Waals surface area contributed by atoms with Crippen molar-refractivity contribution in [3.05, 3.63) is 12.2 Å². The Bertz CT molecular complexity index is 331. The van der Waals surface area contributed by atoms with Crippen LogP contribution in [0, 0.1) is 0 Å². The molecule has 19 heavy (non-hydrogen) atoms. The summed E-state index contributed by atoms with van der Waals surface area (Å²) in [5.74, 6) is -0.778. The van der Waals surface area contributed by atoms with Crippen molar-refractivity contribution >= 4 is 5.97 Å². The van der Waals surface area contributed by atoms with Gasteiger partial charge in [0.2, 0.25) is 0 Å². The average Bonchev–Trinajstić information content (AvgIpc) is 2.38. The second-order valence-electron chi connectivity index (χ2n) is 4.21. The lowest BCUT2D eigenvalue weighted by molar-refractivity contribution is -0.287. The summed E-state index contributed by atoms with van der Waals surface area (Å²) in [6, 6.07) is 0. The molecular weight excluding hydrogens is 260 g/mol. The summed E-state index contributed by atoms with van der Waals surface area (Å²) >= 11 is 0. The van der Waals surface area contributed by atoms with Gasteiger partial charge in [-0.15, -0.1) is 0 Å². The predicted octanol–water partition coefficient (Wildman–Crippen LogP) is -2.73. The van der Waals surface area contributed by atoms with Gasteiger partial charge in [-0.2, -0.15) is 0 Å². The Morgan fingerprint density at radius 3 is 2.37 bits per heavy atom. The van der Waals surface area contributed by atoms with Gasteiger partial charge in [0.05, 0.1) is 0 Å². The standard InChI is InChI=1S/C11H18O8/c1-5(2-3-12)10(16)18-4-6-7(13)8(14)9(15)11(17)19-6/h6-9,11-15,17H,1-4H2/t6?,7-,8?,9?,11-/m1/s1. The first-order valence-electron chi connectivity index (χ1n) is 5.72. The topological polar surface area (TPSA) is 137 Å². The molecule has 1 aliphatic rings. The first kappa shape index (κ1) is 16.0. The smallest absolute Gasteiger partial charge is 0.333 e. The zero-order valence-electron chi connectivity index (χ0n) is 10.2. The van der Waals surface area contributed by atoms with E-state index in [1.54, 1.807) is 0 Å². The van der Waals surface area contributed by atoms with Gasteiger partial charge in [0, 0.05) is 18.6 Å². The van der Waals surface area contributed by atoms with Crippen LogP contribution in [0.1, 0.15) is 6.42 Å². The van der Waals surface area contributed by atoms with E-state index in [0.717, 1.165) is 0 Å². The summed E-state index contributed by atoms with van der Waals surface area (Å²) in [5.41, 5.74) is 0.0499. The molecule has 5 atom stereocenters. The van der Waals surface area contributed by atoms with E-state index in [1.807, 2.05) is 0 Å². The number of esters is 1. The van der Waals surface area contributed by atoms with Crippen LogP contribution in [0.25, 0.3) is 0 Å². The highest BCUT2D eigenvalue weighted by Crippen LogP contribution is 2.20. The van der Waals surface area contributed by atoms with Crippen molar-refractivity contribution in [1.29, 1.82) is 0 Å². The van der Waals surface area contributed by atoms with Crippen LogP contribution in [0.3, 0.4) is 0 Å². The molecule has 3 unspecified atom stereocenters. The van der Waals surface area contributed by atoms with E-state index in [0.29, 0.717) is 0 Å². The van der Waals surface area contributed by atoms with E-state index in [1.165, 1.54) is 0 Å². The molecule has 0 bridgehead atoms. The van der Waals surface area contributed by atoms with Gasteiger partial charge < -0.3 is 35.0 Å². The van der Waals surface area contributed by atoms with Gasteiger partial charge in [0.25, 0.3) is 0 Å². The number of aliphatic hydroxyl groups excluding tert-OH is 5. The predicted molar refractivity (Wildman–Crippen MR) is 60.7 cm³/mol. The Hall–Kier alpha value is -1.03. The number of aliphatic hydroxyl groups is 5. The Kier molecular flexibility index (Phi) is 5.85. The molecule has 0 aromatic heterocycles. The molecule has 0 amide bonds. The van der Waals surface area contributed by atoms with Gasteiger partial charge in [-0.1, -0.05) is 6.58 Å². The highest BCUT2D eigenvalue weighted by Gasteiger charge is 2.43. The maximum atomic E-state index is 11.4. The van der Waals surface area contributed by atoms with Crippen molar-refractivity contribution in [1.82, 2.24) is 0 Å². The molecule has 110 valence electrons. The lowest BCUT2D eigenvalue weighted by atomic mass is 9.99. The SMILES string of the molecule is C=C(CCO)C(=O)OCC1O[C@@H](O)C(O)C(O)[C@@H]1O. The molecule has 0 aliphatic carbocycles. The second kappa shape index (κ2) is 6.94. The van der Waals surface area contributed by atoms with Crippen molar-refractivity contribution < 1.29 is 39.8 Å². The van der Waals surface area contributed by atoms with Crippen molar-refractivity contribution in [2.75, 3.05) is 13.2 Å². The molecule has 8 nitrogen and oxygen atoms in total. The van der Waals surface area contributed by atoms with Gasteiger partial charge in [0.15, 0.2) is 6.29 Å². The molecule has 0 aromatic rings. The minimum atomic E-state index is -1.68. The zero-order valence-corrected chi connectivity index (χ0v) is 10.2. The fraction of sp³-hybridized carbons (Fsp3) is 0.727. The van der Waals surface area contributed by atoms with Crippen molar-refractivity contribution in [3.63, 3.8) is 0 Å². The van der Waals surface area contributed by atoms with Crippen LogP contribution in [0.15, 0.2) is 12.2 Å². The van der Waals surface area contributed by atoms with Crippen LogP contribution >= 0.6 is 0 Å². The minimum absolute atomic E-state index is 0.0499. The van der Waals surface area contributed by atoms with Gasteiger partial charge in [-0.3, -0.25) is 0 Å². The maximum absolute atomic E-state index is 11.4. The molecule has 1 aliphatic heterocycles. The molecule has 1 fully saturated rings. The largest absolute Gasteiger partial charge is 0.459 e. The minimum Gasteiger partial charge on any atom is -0.459 e. The third kappa shape index (κ3) is 3.96. The molecule has 8 heteroatoms. The first-order valence-corrected chi connectivity index (χ1v) is 5.72. The number of ether oxygens (including phenoxy) is 2. The van der Waals surface area contributed by atoms with Crippen LogP contribution in [-0.4, -0.2) is 75.4 Å². The van der Waals surface area contributed by atoms with Gasteiger partial charge in [-0.05, 0) is 0 Å². The molecule has 0 radical (unpaired) electrons. The first-order chi connectivity index (χ1) is 8.88. The normalized spacial score (nSPS) is 34.9.